The van der Waals surface area contributed by atoms with Gasteiger partial charge in [0, 0.05) is 16.0 Å². The Morgan fingerprint density at radius 2 is 1.89 bits per heavy atom. The molecule has 0 amide bonds. The van der Waals surface area contributed by atoms with Gasteiger partial charge in [-0.3, -0.25) is 0 Å². The molecular weight excluding hydrogens is 310 g/mol. The van der Waals surface area contributed by atoms with Crippen LogP contribution in [0.25, 0.3) is 0 Å². The molecule has 0 aliphatic heterocycles. The summed E-state index contributed by atoms with van der Waals surface area (Å²) in [7, 11) is 0. The summed E-state index contributed by atoms with van der Waals surface area (Å²) >= 11 is 9.70. The summed E-state index contributed by atoms with van der Waals surface area (Å²) in [5.74, 6) is 2.96. The van der Waals surface area contributed by atoms with Crippen molar-refractivity contribution in [2.75, 3.05) is 6.54 Å². The molecule has 98 valence electrons. The zero-order valence-corrected chi connectivity index (χ0v) is 12.8. The first-order chi connectivity index (χ1) is 8.74. The van der Waals surface area contributed by atoms with Crippen molar-refractivity contribution in [1.82, 2.24) is 5.32 Å². The van der Waals surface area contributed by atoms with Gasteiger partial charge in [0.2, 0.25) is 0 Å². The van der Waals surface area contributed by atoms with Crippen LogP contribution in [0.1, 0.15) is 31.2 Å². The molecule has 0 atom stereocenters. The number of benzene rings is 1. The van der Waals surface area contributed by atoms with Crippen molar-refractivity contribution in [3.05, 3.63) is 33.3 Å². The van der Waals surface area contributed by atoms with Crippen molar-refractivity contribution in [2.24, 2.45) is 17.8 Å². The molecule has 0 bridgehead atoms. The molecule has 0 radical (unpaired) electrons. The van der Waals surface area contributed by atoms with Gasteiger partial charge in [-0.15, -0.1) is 0 Å². The van der Waals surface area contributed by atoms with Gasteiger partial charge in [-0.25, -0.2) is 0 Å². The number of rotatable bonds is 6. The Labute approximate surface area is 122 Å². The van der Waals surface area contributed by atoms with Crippen LogP contribution in [0.15, 0.2) is 22.7 Å². The molecule has 18 heavy (non-hydrogen) atoms. The van der Waals surface area contributed by atoms with Gasteiger partial charge >= 0.3 is 0 Å². The highest BCUT2D eigenvalue weighted by Gasteiger charge is 2.40. The lowest BCUT2D eigenvalue weighted by molar-refractivity contribution is 0.378. The summed E-state index contributed by atoms with van der Waals surface area (Å²) in [5.41, 5.74) is 1.19. The van der Waals surface area contributed by atoms with Crippen LogP contribution in [-0.2, 0) is 6.54 Å². The Morgan fingerprint density at radius 3 is 2.50 bits per heavy atom. The van der Waals surface area contributed by atoms with Gasteiger partial charge in [-0.1, -0.05) is 27.5 Å². The van der Waals surface area contributed by atoms with Crippen LogP contribution in [0.2, 0.25) is 5.02 Å². The van der Waals surface area contributed by atoms with E-state index in [0.717, 1.165) is 40.3 Å². The molecule has 0 unspecified atom stereocenters. The van der Waals surface area contributed by atoms with Gasteiger partial charge in [0.25, 0.3) is 0 Å². The zero-order chi connectivity index (χ0) is 12.5. The van der Waals surface area contributed by atoms with Crippen LogP contribution >= 0.6 is 27.5 Å². The van der Waals surface area contributed by atoms with Crippen molar-refractivity contribution in [3.8, 4) is 0 Å². The monoisotopic (exact) mass is 327 g/mol. The Morgan fingerprint density at radius 1 is 1.22 bits per heavy atom. The fraction of sp³-hybridized carbons (Fsp3) is 0.600. The number of hydrogen-bond acceptors (Lipinski definition) is 1. The average molecular weight is 329 g/mol. The summed E-state index contributed by atoms with van der Waals surface area (Å²) < 4.78 is 1.10. The first-order valence-corrected chi connectivity index (χ1v) is 8.06. The van der Waals surface area contributed by atoms with Crippen LogP contribution in [0.5, 0.6) is 0 Å². The number of halogens is 2. The first kappa shape index (κ1) is 13.0. The van der Waals surface area contributed by atoms with Crippen molar-refractivity contribution < 1.29 is 0 Å². The molecule has 2 saturated carbocycles. The third-order valence-electron chi connectivity index (χ3n) is 4.16. The maximum absolute atomic E-state index is 6.20. The Bertz CT molecular complexity index is 415. The SMILES string of the molecule is Clc1ccc(Br)cc1CNCC(C1CC1)C1CC1. The molecule has 0 aromatic heterocycles. The fourth-order valence-electron chi connectivity index (χ4n) is 2.82. The zero-order valence-electron chi connectivity index (χ0n) is 10.5. The van der Waals surface area contributed by atoms with E-state index in [2.05, 4.69) is 27.3 Å². The lowest BCUT2D eigenvalue weighted by atomic mass is 9.98. The van der Waals surface area contributed by atoms with E-state index >= 15 is 0 Å². The van der Waals surface area contributed by atoms with E-state index < -0.39 is 0 Å². The second kappa shape index (κ2) is 5.52. The van der Waals surface area contributed by atoms with E-state index in [1.54, 1.807) is 0 Å². The van der Waals surface area contributed by atoms with E-state index in [1.807, 2.05) is 12.1 Å². The predicted molar refractivity (Wildman–Crippen MR) is 79.8 cm³/mol. The fourth-order valence-corrected chi connectivity index (χ4v) is 3.41. The van der Waals surface area contributed by atoms with Gasteiger partial charge < -0.3 is 5.32 Å². The Hall–Kier alpha value is -0.0500. The quantitative estimate of drug-likeness (QED) is 0.803. The number of hydrogen-bond donors (Lipinski definition) is 1. The standard InChI is InChI=1S/C15H19BrClN/c16-13-5-6-15(17)12(7-13)8-18-9-14(10-1-2-10)11-3-4-11/h5-7,10-11,14,18H,1-4,8-9H2. The average Bonchev–Trinajstić information content (AvgIpc) is 3.22. The van der Waals surface area contributed by atoms with Gasteiger partial charge in [0.1, 0.15) is 0 Å². The smallest absolute Gasteiger partial charge is 0.0451 e. The molecule has 3 heteroatoms. The molecule has 1 nitrogen and oxygen atoms in total. The van der Waals surface area contributed by atoms with Gasteiger partial charge in [-0.2, -0.15) is 0 Å². The van der Waals surface area contributed by atoms with E-state index in [1.165, 1.54) is 31.2 Å². The lowest BCUT2D eigenvalue weighted by Gasteiger charge is -2.16. The van der Waals surface area contributed by atoms with Crippen LogP contribution in [0, 0.1) is 17.8 Å². The van der Waals surface area contributed by atoms with Crippen molar-refractivity contribution in [3.63, 3.8) is 0 Å². The molecule has 0 spiro atoms. The largest absolute Gasteiger partial charge is 0.312 e. The summed E-state index contributed by atoms with van der Waals surface area (Å²) in [6, 6.07) is 6.06. The van der Waals surface area contributed by atoms with Gasteiger partial charge in [-0.05, 0) is 73.7 Å². The summed E-state index contributed by atoms with van der Waals surface area (Å²) in [6.45, 7) is 2.05. The highest BCUT2D eigenvalue weighted by Crippen LogP contribution is 2.48. The van der Waals surface area contributed by atoms with Crippen LogP contribution < -0.4 is 5.32 Å². The van der Waals surface area contributed by atoms with Crippen molar-refractivity contribution in [1.29, 1.82) is 0 Å². The van der Waals surface area contributed by atoms with Crippen molar-refractivity contribution >= 4 is 27.5 Å². The molecule has 1 aromatic rings. The Balaban J connectivity index is 1.52. The second-order valence-electron chi connectivity index (χ2n) is 5.71. The minimum Gasteiger partial charge on any atom is -0.312 e. The third-order valence-corrected chi connectivity index (χ3v) is 5.02. The minimum atomic E-state index is 0.861. The molecule has 0 saturated heterocycles. The van der Waals surface area contributed by atoms with Gasteiger partial charge in [0.05, 0.1) is 0 Å². The van der Waals surface area contributed by atoms with Gasteiger partial charge in [0.15, 0.2) is 0 Å². The van der Waals surface area contributed by atoms with Crippen molar-refractivity contribution in [2.45, 2.75) is 32.2 Å². The van der Waals surface area contributed by atoms with Crippen LogP contribution in [0.4, 0.5) is 0 Å². The molecular formula is C15H19BrClN. The predicted octanol–water partition coefficient (Wildman–Crippen LogP) is 4.63. The van der Waals surface area contributed by atoms with E-state index in [4.69, 9.17) is 11.6 Å². The number of nitrogens with one attached hydrogen (secondary N) is 1. The highest BCUT2D eigenvalue weighted by atomic mass is 79.9. The van der Waals surface area contributed by atoms with E-state index in [-0.39, 0.29) is 0 Å². The van der Waals surface area contributed by atoms with Crippen LogP contribution in [-0.4, -0.2) is 6.54 Å². The maximum Gasteiger partial charge on any atom is 0.0451 e. The molecule has 2 aliphatic carbocycles. The highest BCUT2D eigenvalue weighted by molar-refractivity contribution is 9.10. The summed E-state index contributed by atoms with van der Waals surface area (Å²) in [6.07, 6.45) is 5.84. The van der Waals surface area contributed by atoms with E-state index in [0.29, 0.717) is 0 Å². The minimum absolute atomic E-state index is 0.861. The second-order valence-corrected chi connectivity index (χ2v) is 7.03. The molecule has 2 aliphatic rings. The maximum atomic E-state index is 6.20. The third kappa shape index (κ3) is 3.28. The first-order valence-electron chi connectivity index (χ1n) is 6.88. The lowest BCUT2D eigenvalue weighted by Crippen LogP contribution is -2.25. The normalized spacial score (nSPS) is 19.5. The van der Waals surface area contributed by atoms with Crippen LogP contribution in [0.3, 0.4) is 0 Å². The molecule has 2 fully saturated rings. The summed E-state index contributed by atoms with van der Waals surface area (Å²) in [4.78, 5) is 0. The summed E-state index contributed by atoms with van der Waals surface area (Å²) in [5, 5.41) is 4.47. The topological polar surface area (TPSA) is 12.0 Å². The van der Waals surface area contributed by atoms with E-state index in [9.17, 15) is 0 Å². The molecule has 3 rings (SSSR count). The molecule has 1 N–H and O–H groups in total. The molecule has 0 heterocycles. The Kier molecular flexibility index (Phi) is 3.97. The molecule has 1 aromatic carbocycles.